The summed E-state index contributed by atoms with van der Waals surface area (Å²) < 4.78 is 0. The lowest BCUT2D eigenvalue weighted by atomic mass is 9.73. The van der Waals surface area contributed by atoms with Crippen LogP contribution < -0.4 is 70.0 Å². The van der Waals surface area contributed by atoms with Crippen LogP contribution in [0.15, 0.2) is 170 Å². The van der Waals surface area contributed by atoms with Gasteiger partial charge in [0, 0.05) is 104 Å². The first-order valence-corrected chi connectivity index (χ1v) is 41.5. The van der Waals surface area contributed by atoms with Crippen molar-refractivity contribution in [2.75, 3.05) is 51.3 Å². The van der Waals surface area contributed by atoms with E-state index in [1.54, 1.807) is 133 Å². The van der Waals surface area contributed by atoms with Crippen LogP contribution in [-0.2, 0) is 81.7 Å². The van der Waals surface area contributed by atoms with Crippen LogP contribution in [0.2, 0.25) is 0 Å². The van der Waals surface area contributed by atoms with Gasteiger partial charge in [0.15, 0.2) is 5.96 Å². The van der Waals surface area contributed by atoms with Crippen molar-refractivity contribution in [1.29, 1.82) is 5.41 Å². The lowest BCUT2D eigenvalue weighted by Gasteiger charge is -2.45. The number of thioether (sulfide) groups is 1. The number of piperidine rings is 1. The second-order valence-electron chi connectivity index (χ2n) is 30.9. The number of guanidine groups is 1. The van der Waals surface area contributed by atoms with Crippen LogP contribution in [0.1, 0.15) is 110 Å². The van der Waals surface area contributed by atoms with E-state index in [1.807, 2.05) is 24.3 Å². The van der Waals surface area contributed by atoms with Crippen LogP contribution >= 0.6 is 11.8 Å². The number of hydrogen-bond acceptors (Lipinski definition) is 16. The van der Waals surface area contributed by atoms with E-state index < -0.39 is 108 Å². The van der Waals surface area contributed by atoms with Gasteiger partial charge in [-0.1, -0.05) is 133 Å². The van der Waals surface area contributed by atoms with Crippen molar-refractivity contribution < 1.29 is 53.4 Å². The summed E-state index contributed by atoms with van der Waals surface area (Å²) in [4.78, 5) is 145. The number of carbonyl (C=O) groups is 9. The smallest absolute Gasteiger partial charge is 0.245 e. The second-order valence-corrected chi connectivity index (χ2v) is 31.9. The normalized spacial score (nSPS) is 23.1. The Morgan fingerprint density at radius 3 is 1.78 bits per heavy atom. The van der Waals surface area contributed by atoms with E-state index in [-0.39, 0.29) is 120 Å². The number of aliphatic hydroxyl groups excluding tert-OH is 1. The molecule has 28 nitrogen and oxygen atoms in total. The van der Waals surface area contributed by atoms with Gasteiger partial charge in [-0.05, 0) is 166 Å². The summed E-state index contributed by atoms with van der Waals surface area (Å²) in [5, 5.41) is 64.2. The molecule has 1 aliphatic carbocycles. The lowest BCUT2D eigenvalue weighted by molar-refractivity contribution is -0.136. The number of aliphatic hydroxyl groups is 1. The van der Waals surface area contributed by atoms with E-state index >= 15 is 24.0 Å². The number of para-hydroxylation sites is 1. The van der Waals surface area contributed by atoms with Gasteiger partial charge in [0.2, 0.25) is 53.2 Å². The highest BCUT2D eigenvalue weighted by Gasteiger charge is 2.41. The molecule has 8 aromatic rings. The Morgan fingerprint density at radius 1 is 0.603 bits per heavy atom. The fraction of sp³-hybridized carbons (Fsp3) is 0.425. The summed E-state index contributed by atoms with van der Waals surface area (Å²) in [6, 6.07) is 35.9. The molecule has 0 radical (unpaired) electrons. The predicted molar refractivity (Wildman–Crippen MR) is 449 cm³/mol. The molecular weight excluding hydrogens is 1490 g/mol. The quantitative estimate of drug-likeness (QED) is 0.0195. The van der Waals surface area contributed by atoms with E-state index in [9.17, 15) is 29.4 Å². The van der Waals surface area contributed by atoms with Gasteiger partial charge in [-0.2, -0.15) is 11.8 Å². The number of H-pyrrole nitrogens is 2. The van der Waals surface area contributed by atoms with Gasteiger partial charge >= 0.3 is 0 Å². The number of hydrogen-bond donors (Lipinski definition) is 18. The number of unbranched alkanes of at least 4 members (excludes halogenated alkanes) is 1. The number of rotatable bonds is 27. The Balaban J connectivity index is 0.903. The highest BCUT2D eigenvalue weighted by atomic mass is 32.2. The highest BCUT2D eigenvalue weighted by Crippen LogP contribution is 2.45. The summed E-state index contributed by atoms with van der Waals surface area (Å²) >= 11 is 1.57. The number of carbonyl (C=O) groups excluding carboxylic acids is 9. The average Bonchev–Trinajstić information content (AvgIpc) is 1.50. The molecule has 3 aliphatic rings. The Morgan fingerprint density at radius 2 is 1.16 bits per heavy atom. The Labute approximate surface area is 680 Å². The monoisotopic (exact) mass is 1600 g/mol. The van der Waals surface area contributed by atoms with Crippen LogP contribution in [0.3, 0.4) is 0 Å². The Bertz CT molecular complexity index is 4630. The molecule has 6 aromatic carbocycles. The third kappa shape index (κ3) is 24.5. The number of aromatic amines is 2. The zero-order valence-corrected chi connectivity index (χ0v) is 66.6. The van der Waals surface area contributed by atoms with Crippen molar-refractivity contribution in [3.8, 4) is 5.75 Å². The number of likely N-dealkylation sites (tertiary alicyclic amines) is 1. The first-order chi connectivity index (χ1) is 56.1. The molecule has 0 saturated carbocycles. The summed E-state index contributed by atoms with van der Waals surface area (Å²) in [7, 11) is 2.19. The van der Waals surface area contributed by atoms with Crippen molar-refractivity contribution in [3.05, 3.63) is 209 Å². The number of phenols is 1. The second kappa shape index (κ2) is 42.5. The summed E-state index contributed by atoms with van der Waals surface area (Å²) in [5.41, 5.74) is 19.6. The van der Waals surface area contributed by atoms with Crippen molar-refractivity contribution >= 4 is 92.7 Å². The minimum Gasteiger partial charge on any atom is -0.508 e. The number of nitrogens with zero attached hydrogens (tertiary/aromatic N) is 1. The number of aromatic nitrogens is 2. The van der Waals surface area contributed by atoms with E-state index in [0.29, 0.717) is 53.0 Å². The van der Waals surface area contributed by atoms with E-state index in [2.05, 4.69) is 105 Å². The van der Waals surface area contributed by atoms with Gasteiger partial charge < -0.3 is 95.0 Å². The van der Waals surface area contributed by atoms with E-state index in [4.69, 9.17) is 16.9 Å². The molecule has 2 aromatic heterocycles. The maximum absolute atomic E-state index is 15.5. The molecule has 0 spiro atoms. The number of fused-ring (bicyclic) bond motifs is 3. The highest BCUT2D eigenvalue weighted by molar-refractivity contribution is 7.99. The molecule has 29 heteroatoms. The molecule has 13 atom stereocenters. The van der Waals surface area contributed by atoms with Crippen molar-refractivity contribution in [2.24, 2.45) is 17.4 Å². The van der Waals surface area contributed by atoms with Gasteiger partial charge in [0.1, 0.15) is 48.0 Å². The van der Waals surface area contributed by atoms with Crippen molar-refractivity contribution in [1.82, 2.24) is 73.4 Å². The Kier molecular flexibility index (Phi) is 31.4. The molecule has 2 fully saturated rings. The lowest BCUT2D eigenvalue weighted by Crippen LogP contribution is -2.62. The number of likely N-dealkylation sites (N-methyl/N-ethyl adjacent to an activating group) is 1. The zero-order chi connectivity index (χ0) is 82.0. The summed E-state index contributed by atoms with van der Waals surface area (Å²) in [6.07, 6.45) is 5.74. The van der Waals surface area contributed by atoms with Gasteiger partial charge in [-0.3, -0.25) is 48.6 Å². The molecule has 2 saturated heterocycles. The first-order valence-electron chi connectivity index (χ1n) is 40.3. The molecule has 0 bridgehead atoms. The third-order valence-electron chi connectivity index (χ3n) is 22.1. The standard InChI is InChI=1S/C87H111N17O11S/c1-53(105)78-86(115)102-71(42-54-20-6-3-7-21-54)79(108)91-38-17-15-29-68(95-49-61(40-57-33-35-62(106)36-34-57)96-76(107)52-116-51-58-41-65-64-27-18-31-67-77(64)60(48-94-67)46-75(65)104(2)50-58)80(109)97-70(32-19-39-92-87(89)90)81(110)99-72(43-55-22-8-4-9-23-55)83(112)100-73(44-56-24-10-5-11-25-56)84(113)101-74(45-59-47-93-66-28-13-12-26-63(59)66)85(114)98-69(82(111)103-78)30-14-16-37-88/h3-13,18,20-28,31,33-36,47-48,53,58,61,65,68-75,78,93-95,105-106H,14-17,19,29-30,32,37-46,49-52,88H2,1-2H3,(H,91,108)(H,96,107)(H,97,109)(H,98,114)(H,99,110)(H,100,112)(H,101,113)(H,102,115)(H,103,111)(H4,89,90,92)/t53-,58-,61-,65-,68-,69+,70+,71+,72+,73+,74-,75-,78+/m1/s1. The molecule has 9 amide bonds. The van der Waals surface area contributed by atoms with Crippen LogP contribution in [0.4, 0.5) is 0 Å². The maximum atomic E-state index is 15.5. The van der Waals surface area contributed by atoms with Gasteiger partial charge in [-0.25, -0.2) is 0 Å². The minimum absolute atomic E-state index is 0.00163. The van der Waals surface area contributed by atoms with Crippen molar-refractivity contribution in [3.63, 3.8) is 0 Å². The zero-order valence-electron chi connectivity index (χ0n) is 65.8. The molecule has 11 rings (SSSR count). The van der Waals surface area contributed by atoms with Crippen LogP contribution in [0.25, 0.3) is 21.8 Å². The van der Waals surface area contributed by atoms with Crippen LogP contribution in [-0.4, -0.2) is 202 Å². The molecule has 2 aliphatic heterocycles. The van der Waals surface area contributed by atoms with Crippen molar-refractivity contribution in [2.45, 2.75) is 176 Å². The summed E-state index contributed by atoms with van der Waals surface area (Å²) in [6.45, 7) is 2.63. The third-order valence-corrected chi connectivity index (χ3v) is 23.2. The van der Waals surface area contributed by atoms with Gasteiger partial charge in [0.05, 0.1) is 17.9 Å². The number of nitrogens with two attached hydrogens (primary N) is 2. The van der Waals surface area contributed by atoms with Gasteiger partial charge in [-0.15, -0.1) is 0 Å². The first kappa shape index (κ1) is 85.8. The fourth-order valence-corrected chi connectivity index (χ4v) is 17.0. The van der Waals surface area contributed by atoms with E-state index in [1.165, 1.54) is 23.4 Å². The number of benzene rings is 6. The van der Waals surface area contributed by atoms with Crippen LogP contribution in [0.5, 0.6) is 5.75 Å². The predicted octanol–water partition coefficient (Wildman–Crippen LogP) is 4.17. The maximum Gasteiger partial charge on any atom is 0.245 e. The topological polar surface area (TPSA) is 437 Å². The largest absolute Gasteiger partial charge is 0.508 e. The minimum atomic E-state index is -1.67. The molecule has 4 heterocycles. The number of amides is 9. The number of nitrogens with one attached hydrogen (secondary N) is 14. The molecule has 116 heavy (non-hydrogen) atoms. The molecule has 0 unspecified atom stereocenters. The molecule has 616 valence electrons. The fourth-order valence-electron chi connectivity index (χ4n) is 16.0. The SMILES string of the molecule is C[C@@H](O)[C@@H]1NC(=O)[C@H](CCCCN)NC(=O)[C@@H](Cc2c[nH]c3ccccc23)NC(=O)[C@H](Cc2ccccc2)NC(=O)[C@H](Cc2ccccc2)NC(=O)[C@H](CCCNC(=N)N)NC(=O)[C@H](NC[C@@H](Cc2ccc(O)cc2)NC(=O)CSC[C@@H]2C[C@@H]3c4cccc5[nH]cc(c45)C[C@H]3N(C)C2)CCCCNC(=O)[C@H](Cc2ccccc2)NC1=O. The van der Waals surface area contributed by atoms with E-state index in [0.717, 1.165) is 47.1 Å². The summed E-state index contributed by atoms with van der Waals surface area (Å²) in [5.74, 6) is -5.12. The molecule has 20 N–H and O–H groups in total. The average molecular weight is 1600 g/mol. The van der Waals surface area contributed by atoms with Gasteiger partial charge in [0.25, 0.3) is 0 Å². The molecular formula is C87H111N17O11S. The number of aromatic hydroxyl groups is 1. The Hall–Kier alpha value is -11.1. The number of phenolic OH excluding ortho intramolecular Hbond substituents is 1. The van der Waals surface area contributed by atoms with Crippen LogP contribution in [0, 0.1) is 11.3 Å².